The molecule has 4 heteroatoms. The predicted octanol–water partition coefficient (Wildman–Crippen LogP) is 2.52. The summed E-state index contributed by atoms with van der Waals surface area (Å²) in [6, 6.07) is 7.97. The first-order chi connectivity index (χ1) is 9.75. The molecule has 1 aromatic heterocycles. The maximum atomic E-state index is 9.74. The van der Waals surface area contributed by atoms with E-state index in [-0.39, 0.29) is 0 Å². The predicted molar refractivity (Wildman–Crippen MR) is 82.3 cm³/mol. The van der Waals surface area contributed by atoms with Crippen LogP contribution in [0.15, 0.2) is 30.5 Å². The fourth-order valence-electron chi connectivity index (χ4n) is 2.98. The van der Waals surface area contributed by atoms with Gasteiger partial charge >= 0.3 is 0 Å². The number of rotatable bonds is 2. The van der Waals surface area contributed by atoms with E-state index in [9.17, 15) is 5.11 Å². The van der Waals surface area contributed by atoms with Crippen LogP contribution in [0.25, 0.3) is 10.8 Å². The minimum Gasteiger partial charge on any atom is -0.508 e. The Morgan fingerprint density at radius 2 is 2.15 bits per heavy atom. The van der Waals surface area contributed by atoms with Crippen molar-refractivity contribution in [2.45, 2.75) is 25.3 Å². The molecule has 1 aromatic carbocycles. The molecule has 1 aliphatic heterocycles. The van der Waals surface area contributed by atoms with Gasteiger partial charge in [-0.3, -0.25) is 0 Å². The number of aromatic nitrogens is 1. The molecule has 20 heavy (non-hydrogen) atoms. The Balaban J connectivity index is 1.97. The van der Waals surface area contributed by atoms with Crippen LogP contribution in [-0.4, -0.2) is 36.3 Å². The third-order valence-electron chi connectivity index (χ3n) is 4.16. The van der Waals surface area contributed by atoms with Crippen molar-refractivity contribution in [1.82, 2.24) is 10.3 Å². The molecule has 2 heterocycles. The Hall–Kier alpha value is -1.81. The van der Waals surface area contributed by atoms with Gasteiger partial charge in [-0.15, -0.1) is 0 Å². The van der Waals surface area contributed by atoms with Crippen LogP contribution < -0.4 is 10.2 Å². The Bertz CT molecular complexity index is 591. The fourth-order valence-corrected chi connectivity index (χ4v) is 2.98. The van der Waals surface area contributed by atoms with Gasteiger partial charge in [0.25, 0.3) is 0 Å². The van der Waals surface area contributed by atoms with Gasteiger partial charge in [0.15, 0.2) is 0 Å². The molecule has 3 rings (SSSR count). The highest BCUT2D eigenvalue weighted by Gasteiger charge is 2.19. The second-order valence-corrected chi connectivity index (χ2v) is 5.49. The zero-order valence-corrected chi connectivity index (χ0v) is 11.8. The number of fused-ring (bicyclic) bond motifs is 1. The molecule has 2 aromatic rings. The van der Waals surface area contributed by atoms with Crippen molar-refractivity contribution in [3.05, 3.63) is 30.5 Å². The van der Waals surface area contributed by atoms with Crippen LogP contribution in [0.2, 0.25) is 0 Å². The first kappa shape index (κ1) is 13.2. The van der Waals surface area contributed by atoms with Gasteiger partial charge in [0.2, 0.25) is 0 Å². The SMILES string of the molecule is CN(c1nccc2ccc(O)cc12)C1CCCNCC1. The number of nitrogens with zero attached hydrogens (tertiary/aromatic N) is 2. The number of benzene rings is 1. The van der Waals surface area contributed by atoms with Gasteiger partial charge in [-0.25, -0.2) is 4.98 Å². The standard InChI is InChI=1S/C16H21N3O/c1-19(13-3-2-8-17-9-7-13)16-15-11-14(20)5-4-12(15)6-10-18-16/h4-6,10-11,13,17,20H,2-3,7-9H2,1H3. The summed E-state index contributed by atoms with van der Waals surface area (Å²) >= 11 is 0. The Kier molecular flexibility index (Phi) is 3.74. The van der Waals surface area contributed by atoms with Crippen molar-refractivity contribution in [1.29, 1.82) is 0 Å². The summed E-state index contributed by atoms with van der Waals surface area (Å²) in [5.74, 6) is 1.26. The van der Waals surface area contributed by atoms with Crippen LogP contribution in [0.4, 0.5) is 5.82 Å². The van der Waals surface area contributed by atoms with Crippen LogP contribution in [-0.2, 0) is 0 Å². The highest BCUT2D eigenvalue weighted by Crippen LogP contribution is 2.29. The highest BCUT2D eigenvalue weighted by molar-refractivity contribution is 5.93. The minimum absolute atomic E-state index is 0.294. The molecule has 0 aliphatic carbocycles. The van der Waals surface area contributed by atoms with Crippen LogP contribution in [0.3, 0.4) is 0 Å². The number of hydrogen-bond donors (Lipinski definition) is 2. The molecule has 1 saturated heterocycles. The van der Waals surface area contributed by atoms with E-state index in [0.29, 0.717) is 11.8 Å². The van der Waals surface area contributed by atoms with Crippen LogP contribution in [0.1, 0.15) is 19.3 Å². The summed E-state index contributed by atoms with van der Waals surface area (Å²) in [6.07, 6.45) is 5.36. The Morgan fingerprint density at radius 3 is 3.05 bits per heavy atom. The third-order valence-corrected chi connectivity index (χ3v) is 4.16. The van der Waals surface area contributed by atoms with Gasteiger partial charge in [-0.05, 0) is 55.9 Å². The van der Waals surface area contributed by atoms with Crippen molar-refractivity contribution >= 4 is 16.6 Å². The molecule has 0 bridgehead atoms. The topological polar surface area (TPSA) is 48.4 Å². The van der Waals surface area contributed by atoms with Crippen molar-refractivity contribution in [2.75, 3.05) is 25.0 Å². The lowest BCUT2D eigenvalue weighted by Crippen LogP contribution is -2.33. The van der Waals surface area contributed by atoms with Gasteiger partial charge in [0.1, 0.15) is 11.6 Å². The fraction of sp³-hybridized carbons (Fsp3) is 0.438. The van der Waals surface area contributed by atoms with Crippen molar-refractivity contribution in [3.8, 4) is 5.75 Å². The molecule has 1 atom stereocenters. The molecule has 4 nitrogen and oxygen atoms in total. The number of aromatic hydroxyl groups is 1. The molecule has 106 valence electrons. The Labute approximate surface area is 119 Å². The van der Waals surface area contributed by atoms with E-state index >= 15 is 0 Å². The summed E-state index contributed by atoms with van der Waals surface area (Å²) in [7, 11) is 2.11. The maximum Gasteiger partial charge on any atom is 0.136 e. The number of hydrogen-bond acceptors (Lipinski definition) is 4. The van der Waals surface area contributed by atoms with Gasteiger partial charge in [0, 0.05) is 24.7 Å². The molecule has 0 spiro atoms. The third kappa shape index (κ3) is 2.56. The molecule has 0 radical (unpaired) electrons. The average Bonchev–Trinajstić information content (AvgIpc) is 2.75. The summed E-state index contributed by atoms with van der Waals surface area (Å²) in [6.45, 7) is 2.17. The Morgan fingerprint density at radius 1 is 1.25 bits per heavy atom. The number of pyridine rings is 1. The van der Waals surface area contributed by atoms with Crippen LogP contribution in [0, 0.1) is 0 Å². The average molecular weight is 271 g/mol. The molecule has 0 amide bonds. The van der Waals surface area contributed by atoms with E-state index in [1.165, 1.54) is 12.8 Å². The summed E-state index contributed by atoms with van der Waals surface area (Å²) in [5.41, 5.74) is 0. The first-order valence-electron chi connectivity index (χ1n) is 7.27. The lowest BCUT2D eigenvalue weighted by molar-refractivity contribution is 0.476. The zero-order chi connectivity index (χ0) is 13.9. The second-order valence-electron chi connectivity index (χ2n) is 5.49. The molecule has 1 unspecified atom stereocenters. The van der Waals surface area contributed by atoms with Gasteiger partial charge < -0.3 is 15.3 Å². The smallest absolute Gasteiger partial charge is 0.136 e. The monoisotopic (exact) mass is 271 g/mol. The molecule has 2 N–H and O–H groups in total. The largest absolute Gasteiger partial charge is 0.508 e. The van der Waals surface area contributed by atoms with E-state index in [1.54, 1.807) is 6.07 Å². The highest BCUT2D eigenvalue weighted by atomic mass is 16.3. The summed E-state index contributed by atoms with van der Waals surface area (Å²) < 4.78 is 0. The number of phenols is 1. The number of phenolic OH excluding ortho intramolecular Hbond substituents is 1. The van der Waals surface area contributed by atoms with Crippen molar-refractivity contribution in [2.24, 2.45) is 0 Å². The molecule has 1 aliphatic rings. The van der Waals surface area contributed by atoms with E-state index in [1.807, 2.05) is 24.4 Å². The van der Waals surface area contributed by atoms with E-state index in [4.69, 9.17) is 0 Å². The second kappa shape index (κ2) is 5.67. The summed E-state index contributed by atoms with van der Waals surface area (Å²) in [4.78, 5) is 6.82. The van der Waals surface area contributed by atoms with E-state index in [2.05, 4.69) is 22.2 Å². The normalized spacial score (nSPS) is 19.8. The lowest BCUT2D eigenvalue weighted by Gasteiger charge is -2.29. The van der Waals surface area contributed by atoms with E-state index in [0.717, 1.165) is 36.1 Å². The number of anilines is 1. The van der Waals surface area contributed by atoms with Gasteiger partial charge in [-0.2, -0.15) is 0 Å². The van der Waals surface area contributed by atoms with Crippen molar-refractivity contribution < 1.29 is 5.11 Å². The molecule has 1 fully saturated rings. The quantitative estimate of drug-likeness (QED) is 0.881. The minimum atomic E-state index is 0.294. The van der Waals surface area contributed by atoms with Crippen molar-refractivity contribution in [3.63, 3.8) is 0 Å². The zero-order valence-electron chi connectivity index (χ0n) is 11.8. The molecular weight excluding hydrogens is 250 g/mol. The maximum absolute atomic E-state index is 9.74. The molecular formula is C16H21N3O. The lowest BCUT2D eigenvalue weighted by atomic mass is 10.1. The molecule has 0 saturated carbocycles. The van der Waals surface area contributed by atoms with Gasteiger partial charge in [-0.1, -0.05) is 6.07 Å². The van der Waals surface area contributed by atoms with Crippen LogP contribution in [0.5, 0.6) is 5.75 Å². The van der Waals surface area contributed by atoms with Gasteiger partial charge in [0.05, 0.1) is 0 Å². The van der Waals surface area contributed by atoms with Crippen LogP contribution >= 0.6 is 0 Å². The first-order valence-corrected chi connectivity index (χ1v) is 7.27. The number of nitrogens with one attached hydrogen (secondary N) is 1. The van der Waals surface area contributed by atoms with E-state index < -0.39 is 0 Å². The summed E-state index contributed by atoms with van der Waals surface area (Å²) in [5, 5.41) is 15.3.